The summed E-state index contributed by atoms with van der Waals surface area (Å²) in [6.45, 7) is -1.05. The van der Waals surface area contributed by atoms with E-state index in [1.54, 1.807) is 6.07 Å². The van der Waals surface area contributed by atoms with Crippen LogP contribution in [0.1, 0.15) is 20.0 Å². The Balaban J connectivity index is 1.54. The first-order valence-corrected chi connectivity index (χ1v) is 9.05. The van der Waals surface area contributed by atoms with Crippen molar-refractivity contribution in [2.75, 3.05) is 13.2 Å². The number of halogens is 2. The molecule has 0 aliphatic heterocycles. The topological polar surface area (TPSA) is 72.5 Å². The van der Waals surface area contributed by atoms with Crippen LogP contribution in [0.15, 0.2) is 48.5 Å². The van der Waals surface area contributed by atoms with E-state index in [9.17, 15) is 18.8 Å². The van der Waals surface area contributed by atoms with Crippen LogP contribution in [-0.4, -0.2) is 30.8 Å². The summed E-state index contributed by atoms with van der Waals surface area (Å²) in [5.74, 6) is -2.68. The molecular weight excluding hydrogens is 393 g/mol. The van der Waals surface area contributed by atoms with Crippen LogP contribution in [0.2, 0.25) is 5.02 Å². The predicted octanol–water partition coefficient (Wildman–Crippen LogP) is 3.85. The van der Waals surface area contributed by atoms with Gasteiger partial charge < -0.3 is 10.1 Å². The number of ketones is 1. The lowest BCUT2D eigenvalue weighted by atomic mass is 10.1. The molecule has 8 heteroatoms. The van der Waals surface area contributed by atoms with Gasteiger partial charge in [-0.3, -0.25) is 14.4 Å². The monoisotopic (exact) mass is 405 g/mol. The lowest BCUT2D eigenvalue weighted by Gasteiger charge is -2.06. The van der Waals surface area contributed by atoms with Crippen molar-refractivity contribution in [3.63, 3.8) is 0 Å². The number of hydrogen-bond donors (Lipinski definition) is 1. The first-order valence-electron chi connectivity index (χ1n) is 7.86. The number of rotatable bonds is 6. The van der Waals surface area contributed by atoms with Gasteiger partial charge in [-0.25, -0.2) is 4.39 Å². The Morgan fingerprint density at radius 2 is 1.78 bits per heavy atom. The van der Waals surface area contributed by atoms with Gasteiger partial charge in [0.15, 0.2) is 6.61 Å². The Hall–Kier alpha value is -2.77. The zero-order chi connectivity index (χ0) is 19.4. The first-order chi connectivity index (χ1) is 13.0. The highest BCUT2D eigenvalue weighted by Crippen LogP contribution is 2.34. The van der Waals surface area contributed by atoms with Crippen LogP contribution in [0.5, 0.6) is 0 Å². The van der Waals surface area contributed by atoms with Crippen LogP contribution in [0.25, 0.3) is 10.1 Å². The molecule has 0 spiro atoms. The molecule has 1 heterocycles. The van der Waals surface area contributed by atoms with Crippen molar-refractivity contribution in [3.8, 4) is 0 Å². The summed E-state index contributed by atoms with van der Waals surface area (Å²) in [5.41, 5.74) is -0.161. The summed E-state index contributed by atoms with van der Waals surface area (Å²) in [6, 6.07) is 12.7. The Morgan fingerprint density at radius 1 is 1.07 bits per heavy atom. The normalized spacial score (nSPS) is 10.6. The Morgan fingerprint density at radius 3 is 2.52 bits per heavy atom. The molecule has 0 radical (unpaired) electrons. The molecule has 0 unspecified atom stereocenters. The Kier molecular flexibility index (Phi) is 5.83. The van der Waals surface area contributed by atoms with E-state index >= 15 is 0 Å². The SMILES string of the molecule is O=C(CNC(=O)c1sc2ccccc2c1Cl)OCC(=O)c1ccccc1F. The fourth-order valence-electron chi connectivity index (χ4n) is 2.35. The molecule has 0 bridgehead atoms. The minimum absolute atomic E-state index is 0.161. The van der Waals surface area contributed by atoms with E-state index < -0.39 is 36.6 Å². The molecule has 0 saturated carbocycles. The zero-order valence-corrected chi connectivity index (χ0v) is 15.4. The highest BCUT2D eigenvalue weighted by Gasteiger charge is 2.18. The maximum absolute atomic E-state index is 13.5. The highest BCUT2D eigenvalue weighted by atomic mass is 35.5. The summed E-state index contributed by atoms with van der Waals surface area (Å²) >= 11 is 7.41. The number of carbonyl (C=O) groups is 3. The Bertz CT molecular complexity index is 1030. The van der Waals surface area contributed by atoms with Crippen LogP contribution in [0, 0.1) is 5.82 Å². The molecule has 2 aromatic carbocycles. The van der Waals surface area contributed by atoms with Crippen LogP contribution < -0.4 is 5.32 Å². The number of Topliss-reactive ketones (excluding diaryl/α,β-unsaturated/α-hetero) is 1. The van der Waals surface area contributed by atoms with Gasteiger partial charge >= 0.3 is 5.97 Å². The molecular formula is C19H13ClFNO4S. The van der Waals surface area contributed by atoms with Gasteiger partial charge in [-0.05, 0) is 18.2 Å². The third-order valence-electron chi connectivity index (χ3n) is 3.67. The van der Waals surface area contributed by atoms with Gasteiger partial charge in [-0.15, -0.1) is 11.3 Å². The van der Waals surface area contributed by atoms with Crippen molar-refractivity contribution >= 4 is 50.7 Å². The number of carbonyl (C=O) groups excluding carboxylic acids is 3. The molecule has 3 aromatic rings. The van der Waals surface area contributed by atoms with Crippen LogP contribution in [0.4, 0.5) is 4.39 Å². The summed E-state index contributed by atoms with van der Waals surface area (Å²) in [7, 11) is 0. The molecule has 0 atom stereocenters. The first kappa shape index (κ1) is 19.0. The maximum atomic E-state index is 13.5. The van der Waals surface area contributed by atoms with Gasteiger partial charge in [-0.2, -0.15) is 0 Å². The van der Waals surface area contributed by atoms with Gasteiger partial charge in [0.25, 0.3) is 5.91 Å². The lowest BCUT2D eigenvalue weighted by molar-refractivity contribution is -0.141. The number of benzene rings is 2. The van der Waals surface area contributed by atoms with Crippen molar-refractivity contribution in [2.45, 2.75) is 0 Å². The average Bonchev–Trinajstić information content (AvgIpc) is 3.01. The molecule has 0 fully saturated rings. The largest absolute Gasteiger partial charge is 0.456 e. The lowest BCUT2D eigenvalue weighted by Crippen LogP contribution is -2.31. The van der Waals surface area contributed by atoms with Crippen molar-refractivity contribution in [2.24, 2.45) is 0 Å². The van der Waals surface area contributed by atoms with Gasteiger partial charge in [0.05, 0.1) is 10.6 Å². The van der Waals surface area contributed by atoms with Gasteiger partial charge in [-0.1, -0.05) is 41.9 Å². The summed E-state index contributed by atoms with van der Waals surface area (Å²) in [6.07, 6.45) is 0. The molecule has 1 aromatic heterocycles. The third kappa shape index (κ3) is 4.32. The number of nitrogens with one attached hydrogen (secondary N) is 1. The van der Waals surface area contributed by atoms with E-state index in [1.165, 1.54) is 29.5 Å². The third-order valence-corrected chi connectivity index (χ3v) is 5.35. The van der Waals surface area contributed by atoms with Crippen molar-refractivity contribution in [3.05, 3.63) is 69.8 Å². The van der Waals surface area contributed by atoms with Crippen LogP contribution in [-0.2, 0) is 9.53 Å². The summed E-state index contributed by atoms with van der Waals surface area (Å²) < 4.78 is 19.1. The fourth-order valence-corrected chi connectivity index (χ4v) is 3.79. The smallest absolute Gasteiger partial charge is 0.325 e. The minimum Gasteiger partial charge on any atom is -0.456 e. The molecule has 1 amide bonds. The predicted molar refractivity (Wildman–Crippen MR) is 101 cm³/mol. The maximum Gasteiger partial charge on any atom is 0.325 e. The molecule has 138 valence electrons. The van der Waals surface area contributed by atoms with Gasteiger partial charge in [0.1, 0.15) is 17.2 Å². The number of thiophene rings is 1. The molecule has 5 nitrogen and oxygen atoms in total. The molecule has 3 rings (SSSR count). The number of hydrogen-bond acceptors (Lipinski definition) is 5. The quantitative estimate of drug-likeness (QED) is 0.499. The van der Waals surface area contributed by atoms with Crippen molar-refractivity contribution < 1.29 is 23.5 Å². The number of esters is 1. The van der Waals surface area contributed by atoms with E-state index in [4.69, 9.17) is 16.3 Å². The van der Waals surface area contributed by atoms with Gasteiger partial charge in [0, 0.05) is 10.1 Å². The minimum atomic E-state index is -0.815. The van der Waals surface area contributed by atoms with Crippen molar-refractivity contribution in [1.29, 1.82) is 0 Å². The zero-order valence-electron chi connectivity index (χ0n) is 13.8. The van der Waals surface area contributed by atoms with Crippen LogP contribution >= 0.6 is 22.9 Å². The summed E-state index contributed by atoms with van der Waals surface area (Å²) in [5, 5.41) is 3.48. The average molecular weight is 406 g/mol. The molecule has 0 aliphatic carbocycles. The van der Waals surface area contributed by atoms with E-state index in [2.05, 4.69) is 5.32 Å². The van der Waals surface area contributed by atoms with E-state index in [0.717, 1.165) is 16.2 Å². The van der Waals surface area contributed by atoms with Gasteiger partial charge in [0.2, 0.25) is 5.78 Å². The van der Waals surface area contributed by atoms with E-state index in [-0.39, 0.29) is 10.4 Å². The van der Waals surface area contributed by atoms with E-state index in [1.807, 2.05) is 18.2 Å². The molecule has 27 heavy (non-hydrogen) atoms. The van der Waals surface area contributed by atoms with E-state index in [0.29, 0.717) is 5.02 Å². The molecule has 0 saturated heterocycles. The number of ether oxygens (including phenoxy) is 1. The molecule has 0 aliphatic rings. The number of fused-ring (bicyclic) bond motifs is 1. The fraction of sp³-hybridized carbons (Fsp3) is 0.105. The van der Waals surface area contributed by atoms with Crippen LogP contribution in [0.3, 0.4) is 0 Å². The second-order valence-electron chi connectivity index (χ2n) is 5.49. The Labute approximate surface area is 162 Å². The van der Waals surface area contributed by atoms with Crippen molar-refractivity contribution in [1.82, 2.24) is 5.32 Å². The second kappa shape index (κ2) is 8.28. The second-order valence-corrected chi connectivity index (χ2v) is 6.92. The number of amides is 1. The summed E-state index contributed by atoms with van der Waals surface area (Å²) in [4.78, 5) is 36.1. The standard InChI is InChI=1S/C19H13ClFNO4S/c20-17-12-6-2-4-8-15(12)27-18(17)19(25)22-9-16(24)26-10-14(23)11-5-1-3-7-13(11)21/h1-8H,9-10H2,(H,22,25). The molecule has 1 N–H and O–H groups in total. The highest BCUT2D eigenvalue weighted by molar-refractivity contribution is 7.21.